The summed E-state index contributed by atoms with van der Waals surface area (Å²) in [6, 6.07) is 4.81. The third-order valence-corrected chi connectivity index (χ3v) is 2.33. The summed E-state index contributed by atoms with van der Waals surface area (Å²) < 4.78 is 5.13. The van der Waals surface area contributed by atoms with Gasteiger partial charge in [-0.3, -0.25) is 0 Å². The first-order chi connectivity index (χ1) is 7.69. The molecule has 1 rings (SSSR count). The summed E-state index contributed by atoms with van der Waals surface area (Å²) in [5.41, 5.74) is 1.09. The van der Waals surface area contributed by atoms with Crippen molar-refractivity contribution in [2.45, 2.75) is 6.42 Å². The first-order valence-electron chi connectivity index (χ1n) is 4.87. The third kappa shape index (κ3) is 3.31. The van der Waals surface area contributed by atoms with Gasteiger partial charge >= 0.3 is 5.97 Å². The van der Waals surface area contributed by atoms with Crippen molar-refractivity contribution in [1.82, 2.24) is 0 Å². The number of hydrogen-bond acceptors (Lipinski definition) is 3. The monoisotopic (exact) mass is 238 g/mol. The third-order valence-electron chi connectivity index (χ3n) is 2.07. The fourth-order valence-electron chi connectivity index (χ4n) is 1.27. The van der Waals surface area contributed by atoms with Crippen molar-refractivity contribution in [2.24, 2.45) is 0 Å². The fraction of sp³-hybridized carbons (Fsp3) is 0.250. The second-order valence-corrected chi connectivity index (χ2v) is 3.62. The number of allylic oxidation sites excluding steroid dienone is 1. The summed E-state index contributed by atoms with van der Waals surface area (Å²) in [6.07, 6.45) is 4.75. The Labute approximate surface area is 100 Å². The largest absolute Gasteiger partial charge is 0.496 e. The maximum atomic E-state index is 10.8. The van der Waals surface area contributed by atoms with Crippen LogP contribution in [0.4, 0.5) is 0 Å². The zero-order valence-corrected chi connectivity index (χ0v) is 9.91. The molecule has 16 heavy (non-hydrogen) atoms. The van der Waals surface area contributed by atoms with E-state index in [2.05, 4.69) is 12.6 Å². The normalized spacial score (nSPS) is 10.6. The van der Waals surface area contributed by atoms with Gasteiger partial charge in [-0.2, -0.15) is 12.6 Å². The van der Waals surface area contributed by atoms with Crippen LogP contribution in [0.3, 0.4) is 0 Å². The van der Waals surface area contributed by atoms with Crippen molar-refractivity contribution in [3.8, 4) is 5.75 Å². The zero-order valence-electron chi connectivity index (χ0n) is 9.01. The van der Waals surface area contributed by atoms with Crippen molar-refractivity contribution in [3.05, 3.63) is 35.4 Å². The van der Waals surface area contributed by atoms with E-state index in [0.29, 0.717) is 5.75 Å². The molecule has 0 aliphatic heterocycles. The van der Waals surface area contributed by atoms with Crippen molar-refractivity contribution < 1.29 is 14.6 Å². The summed E-state index contributed by atoms with van der Waals surface area (Å²) in [5.74, 6) is 0.394. The Morgan fingerprint density at radius 1 is 1.56 bits per heavy atom. The lowest BCUT2D eigenvalue weighted by molar-refractivity contribution is 0.0696. The summed E-state index contributed by atoms with van der Waals surface area (Å²) >= 11 is 4.10. The maximum Gasteiger partial charge on any atom is 0.335 e. The van der Waals surface area contributed by atoms with Crippen LogP contribution >= 0.6 is 12.6 Å². The van der Waals surface area contributed by atoms with Gasteiger partial charge in [0.15, 0.2) is 0 Å². The standard InChI is InChI=1S/C12H14O3S/c1-15-11-8-10(12(13)14)6-5-9(11)4-2-3-7-16/h2,4-6,8,16H,3,7H2,1H3,(H,13,14). The van der Waals surface area contributed by atoms with Gasteiger partial charge in [0.2, 0.25) is 0 Å². The van der Waals surface area contributed by atoms with Crippen LogP contribution in [0.15, 0.2) is 24.3 Å². The Hall–Kier alpha value is -1.42. The summed E-state index contributed by atoms with van der Waals surface area (Å²) in [5, 5.41) is 8.83. The van der Waals surface area contributed by atoms with Gasteiger partial charge in [-0.25, -0.2) is 4.79 Å². The van der Waals surface area contributed by atoms with E-state index in [1.807, 2.05) is 12.2 Å². The minimum Gasteiger partial charge on any atom is -0.496 e. The minimum atomic E-state index is -0.954. The number of hydrogen-bond donors (Lipinski definition) is 2. The van der Waals surface area contributed by atoms with Crippen LogP contribution in [-0.2, 0) is 0 Å². The Morgan fingerprint density at radius 3 is 2.88 bits per heavy atom. The van der Waals surface area contributed by atoms with Crippen molar-refractivity contribution in [3.63, 3.8) is 0 Å². The molecule has 0 spiro atoms. The lowest BCUT2D eigenvalue weighted by atomic mass is 10.1. The average Bonchev–Trinajstić information content (AvgIpc) is 2.29. The van der Waals surface area contributed by atoms with Crippen LogP contribution in [0.5, 0.6) is 5.75 Å². The highest BCUT2D eigenvalue weighted by Crippen LogP contribution is 2.21. The average molecular weight is 238 g/mol. The molecule has 0 saturated carbocycles. The number of ether oxygens (including phenoxy) is 1. The summed E-state index contributed by atoms with van der Waals surface area (Å²) in [7, 11) is 1.52. The number of benzene rings is 1. The highest BCUT2D eigenvalue weighted by molar-refractivity contribution is 7.80. The molecular weight excluding hydrogens is 224 g/mol. The van der Waals surface area contributed by atoms with Gasteiger partial charge in [0, 0.05) is 5.56 Å². The quantitative estimate of drug-likeness (QED) is 0.775. The molecule has 0 aromatic heterocycles. The second-order valence-electron chi connectivity index (χ2n) is 3.18. The Balaban J connectivity index is 2.97. The van der Waals surface area contributed by atoms with Crippen molar-refractivity contribution >= 4 is 24.7 Å². The molecule has 0 fully saturated rings. The summed E-state index contributed by atoms with van der Waals surface area (Å²) in [6.45, 7) is 0. The lowest BCUT2D eigenvalue weighted by Gasteiger charge is -2.05. The van der Waals surface area contributed by atoms with E-state index in [9.17, 15) is 4.79 Å². The van der Waals surface area contributed by atoms with Crippen LogP contribution < -0.4 is 4.74 Å². The van der Waals surface area contributed by atoms with E-state index in [1.165, 1.54) is 13.2 Å². The zero-order chi connectivity index (χ0) is 12.0. The lowest BCUT2D eigenvalue weighted by Crippen LogP contribution is -1.97. The van der Waals surface area contributed by atoms with Gasteiger partial charge in [-0.15, -0.1) is 0 Å². The van der Waals surface area contributed by atoms with Gasteiger partial charge in [-0.1, -0.05) is 18.2 Å². The highest BCUT2D eigenvalue weighted by Gasteiger charge is 2.06. The molecule has 1 N–H and O–H groups in total. The Morgan fingerprint density at radius 2 is 2.31 bits per heavy atom. The molecule has 0 radical (unpaired) electrons. The first-order valence-corrected chi connectivity index (χ1v) is 5.51. The summed E-state index contributed by atoms with van der Waals surface area (Å²) in [4.78, 5) is 10.8. The molecule has 0 unspecified atom stereocenters. The molecule has 1 aromatic rings. The predicted molar refractivity (Wildman–Crippen MR) is 67.5 cm³/mol. The number of methoxy groups -OCH3 is 1. The van der Waals surface area contributed by atoms with Gasteiger partial charge in [0.25, 0.3) is 0 Å². The van der Waals surface area contributed by atoms with E-state index in [4.69, 9.17) is 9.84 Å². The van der Waals surface area contributed by atoms with Gasteiger partial charge in [-0.05, 0) is 24.3 Å². The topological polar surface area (TPSA) is 46.5 Å². The Kier molecular flexibility index (Phi) is 4.92. The van der Waals surface area contributed by atoms with Gasteiger partial charge in [0.05, 0.1) is 12.7 Å². The number of rotatable bonds is 5. The molecule has 1 aromatic carbocycles. The molecule has 86 valence electrons. The predicted octanol–water partition coefficient (Wildman–Crippen LogP) is 2.73. The number of carbonyl (C=O) groups is 1. The molecule has 0 saturated heterocycles. The van der Waals surface area contributed by atoms with E-state index < -0.39 is 5.97 Å². The van der Waals surface area contributed by atoms with Crippen LogP contribution in [0, 0.1) is 0 Å². The minimum absolute atomic E-state index is 0.225. The molecule has 0 bridgehead atoms. The number of aromatic carboxylic acids is 1. The van der Waals surface area contributed by atoms with Gasteiger partial charge < -0.3 is 9.84 Å². The molecule has 0 amide bonds. The molecule has 0 atom stereocenters. The fourth-order valence-corrected chi connectivity index (χ4v) is 1.42. The van der Waals surface area contributed by atoms with Crippen LogP contribution in [0.1, 0.15) is 22.3 Å². The molecule has 0 heterocycles. The first kappa shape index (κ1) is 12.6. The van der Waals surface area contributed by atoms with Crippen LogP contribution in [-0.4, -0.2) is 23.9 Å². The second kappa shape index (κ2) is 6.23. The molecule has 0 aliphatic carbocycles. The number of thiol groups is 1. The molecular formula is C12H14O3S. The molecule has 3 nitrogen and oxygen atoms in total. The Bertz CT molecular complexity index is 399. The molecule has 4 heteroatoms. The number of carboxylic acid groups (broad SMARTS) is 1. The van der Waals surface area contributed by atoms with Crippen molar-refractivity contribution in [2.75, 3.05) is 12.9 Å². The highest BCUT2D eigenvalue weighted by atomic mass is 32.1. The smallest absolute Gasteiger partial charge is 0.335 e. The van der Waals surface area contributed by atoms with E-state index in [1.54, 1.807) is 12.1 Å². The maximum absolute atomic E-state index is 10.8. The van der Waals surface area contributed by atoms with E-state index in [-0.39, 0.29) is 5.56 Å². The van der Waals surface area contributed by atoms with E-state index >= 15 is 0 Å². The van der Waals surface area contributed by atoms with Crippen LogP contribution in [0.2, 0.25) is 0 Å². The van der Waals surface area contributed by atoms with E-state index in [0.717, 1.165) is 17.7 Å². The van der Waals surface area contributed by atoms with Crippen molar-refractivity contribution in [1.29, 1.82) is 0 Å². The van der Waals surface area contributed by atoms with Gasteiger partial charge in [0.1, 0.15) is 5.75 Å². The number of carboxylic acids is 1. The van der Waals surface area contributed by atoms with Crippen LogP contribution in [0.25, 0.3) is 6.08 Å². The SMILES string of the molecule is COc1cc(C(=O)O)ccc1C=CCCS. The molecule has 0 aliphatic rings.